The summed E-state index contributed by atoms with van der Waals surface area (Å²) < 4.78 is 0. The third kappa shape index (κ3) is 3.65. The molecule has 1 aliphatic heterocycles. The molecule has 0 atom stereocenters. The number of benzene rings is 1. The van der Waals surface area contributed by atoms with Gasteiger partial charge in [-0.2, -0.15) is 0 Å². The Kier molecular flexibility index (Phi) is 5.55. The van der Waals surface area contributed by atoms with Gasteiger partial charge in [0, 0.05) is 42.2 Å². The third-order valence-electron chi connectivity index (χ3n) is 4.12. The Labute approximate surface area is 129 Å². The molecule has 1 aromatic rings. The van der Waals surface area contributed by atoms with Gasteiger partial charge in [0.05, 0.1) is 0 Å². The monoisotopic (exact) mass is 344 g/mol. The van der Waals surface area contributed by atoms with Gasteiger partial charge in [-0.3, -0.25) is 0 Å². The molecular weight excluding hydrogens is 324 g/mol. The van der Waals surface area contributed by atoms with E-state index in [1.165, 1.54) is 43.7 Å². The van der Waals surface area contributed by atoms with Crippen molar-refractivity contribution in [2.75, 3.05) is 31.6 Å². The van der Waals surface area contributed by atoms with Gasteiger partial charge in [0.2, 0.25) is 0 Å². The number of rotatable bonds is 4. The number of likely N-dealkylation sites (tertiary alicyclic amines) is 1. The van der Waals surface area contributed by atoms with Crippen LogP contribution in [0.2, 0.25) is 5.02 Å². The first-order valence-electron chi connectivity index (χ1n) is 6.95. The highest BCUT2D eigenvalue weighted by Crippen LogP contribution is 2.29. The summed E-state index contributed by atoms with van der Waals surface area (Å²) in [4.78, 5) is 4.93. The largest absolute Gasteiger partial charge is 0.371 e. The number of piperidine rings is 1. The molecule has 0 N–H and O–H groups in total. The average Bonchev–Trinajstić information content (AvgIpc) is 2.46. The van der Waals surface area contributed by atoms with Crippen LogP contribution >= 0.6 is 27.5 Å². The van der Waals surface area contributed by atoms with E-state index in [4.69, 9.17) is 11.6 Å². The summed E-state index contributed by atoms with van der Waals surface area (Å²) in [6.45, 7) is 5.82. The summed E-state index contributed by atoms with van der Waals surface area (Å²) in [5, 5.41) is 1.69. The van der Waals surface area contributed by atoms with Crippen molar-refractivity contribution in [1.82, 2.24) is 4.90 Å². The number of halogens is 2. The number of hydrogen-bond donors (Lipinski definition) is 0. The second-order valence-corrected chi connectivity index (χ2v) is 6.18. The number of alkyl halides is 1. The van der Waals surface area contributed by atoms with Crippen LogP contribution in [-0.4, -0.2) is 37.6 Å². The van der Waals surface area contributed by atoms with Crippen molar-refractivity contribution in [3.05, 3.63) is 28.8 Å². The molecule has 0 saturated carbocycles. The summed E-state index contributed by atoms with van der Waals surface area (Å²) >= 11 is 9.72. The summed E-state index contributed by atoms with van der Waals surface area (Å²) in [6, 6.07) is 6.79. The van der Waals surface area contributed by atoms with E-state index in [9.17, 15) is 0 Å². The van der Waals surface area contributed by atoms with Crippen LogP contribution in [0, 0.1) is 0 Å². The molecule has 1 fully saturated rings. The molecule has 19 heavy (non-hydrogen) atoms. The molecule has 0 unspecified atom stereocenters. The Morgan fingerprint density at radius 1 is 1.37 bits per heavy atom. The van der Waals surface area contributed by atoms with Crippen molar-refractivity contribution in [2.45, 2.75) is 31.1 Å². The van der Waals surface area contributed by atoms with Crippen molar-refractivity contribution >= 4 is 33.2 Å². The number of nitrogens with zero attached hydrogens (tertiary/aromatic N) is 2. The topological polar surface area (TPSA) is 6.48 Å². The van der Waals surface area contributed by atoms with Crippen LogP contribution in [0.1, 0.15) is 25.3 Å². The fourth-order valence-electron chi connectivity index (χ4n) is 2.80. The molecule has 2 rings (SSSR count). The molecule has 1 aliphatic rings. The fraction of sp³-hybridized carbons (Fsp3) is 0.600. The number of hydrogen-bond acceptors (Lipinski definition) is 2. The van der Waals surface area contributed by atoms with Crippen molar-refractivity contribution in [3.63, 3.8) is 0 Å². The van der Waals surface area contributed by atoms with Crippen molar-refractivity contribution in [3.8, 4) is 0 Å². The van der Waals surface area contributed by atoms with Crippen LogP contribution in [0.25, 0.3) is 0 Å². The Morgan fingerprint density at radius 3 is 2.63 bits per heavy atom. The normalized spacial score (nSPS) is 17.7. The first-order chi connectivity index (χ1) is 9.15. The van der Waals surface area contributed by atoms with E-state index in [0.29, 0.717) is 6.04 Å². The molecule has 4 heteroatoms. The molecule has 0 bridgehead atoms. The molecular formula is C15H22BrClN2. The summed E-state index contributed by atoms with van der Waals surface area (Å²) in [5.41, 5.74) is 2.57. The maximum atomic E-state index is 6.15. The van der Waals surface area contributed by atoms with Gasteiger partial charge >= 0.3 is 0 Å². The molecule has 0 amide bonds. The van der Waals surface area contributed by atoms with Crippen LogP contribution in [0.3, 0.4) is 0 Å². The lowest BCUT2D eigenvalue weighted by Gasteiger charge is -2.38. The zero-order valence-corrected chi connectivity index (χ0v) is 14.0. The second-order valence-electron chi connectivity index (χ2n) is 5.18. The van der Waals surface area contributed by atoms with Gasteiger partial charge in [-0.15, -0.1) is 0 Å². The van der Waals surface area contributed by atoms with Crippen LogP contribution in [0.15, 0.2) is 18.2 Å². The van der Waals surface area contributed by atoms with Crippen molar-refractivity contribution in [2.24, 2.45) is 0 Å². The van der Waals surface area contributed by atoms with Crippen LogP contribution in [0.4, 0.5) is 5.69 Å². The summed E-state index contributed by atoms with van der Waals surface area (Å²) in [7, 11) is 2.20. The average molecular weight is 346 g/mol. The number of anilines is 1. The SMILES string of the molecule is CCN1CCC(N(C)c2cc(Cl)ccc2CBr)CC1. The van der Waals surface area contributed by atoms with E-state index < -0.39 is 0 Å². The zero-order valence-electron chi connectivity index (χ0n) is 11.7. The van der Waals surface area contributed by atoms with Gasteiger partial charge in [-0.25, -0.2) is 0 Å². The molecule has 0 aliphatic carbocycles. The molecule has 2 nitrogen and oxygen atoms in total. The maximum Gasteiger partial charge on any atom is 0.0426 e. The van der Waals surface area contributed by atoms with E-state index in [1.54, 1.807) is 0 Å². The van der Waals surface area contributed by atoms with Gasteiger partial charge in [0.15, 0.2) is 0 Å². The van der Waals surface area contributed by atoms with Crippen LogP contribution in [-0.2, 0) is 5.33 Å². The predicted octanol–water partition coefficient (Wildman–Crippen LogP) is 4.16. The Balaban J connectivity index is 2.11. The molecule has 106 valence electrons. The van der Waals surface area contributed by atoms with Crippen molar-refractivity contribution < 1.29 is 0 Å². The first kappa shape index (κ1) is 15.1. The third-order valence-corrected chi connectivity index (χ3v) is 4.96. The summed E-state index contributed by atoms with van der Waals surface area (Å²) in [6.07, 6.45) is 2.47. The lowest BCUT2D eigenvalue weighted by atomic mass is 10.0. The van der Waals surface area contributed by atoms with Crippen LogP contribution < -0.4 is 4.90 Å². The van der Waals surface area contributed by atoms with Gasteiger partial charge in [0.25, 0.3) is 0 Å². The maximum absolute atomic E-state index is 6.15. The lowest BCUT2D eigenvalue weighted by Crippen LogP contribution is -2.43. The molecule has 1 heterocycles. The molecule has 0 aromatic heterocycles. The van der Waals surface area contributed by atoms with E-state index >= 15 is 0 Å². The predicted molar refractivity (Wildman–Crippen MR) is 87.6 cm³/mol. The quantitative estimate of drug-likeness (QED) is 0.756. The van der Waals surface area contributed by atoms with E-state index in [1.807, 2.05) is 6.07 Å². The standard InChI is InChI=1S/C15H22BrClN2/c1-3-19-8-6-14(7-9-19)18(2)15-10-13(17)5-4-12(15)11-16/h4-5,10,14H,3,6-9,11H2,1-2H3. The fourth-order valence-corrected chi connectivity index (χ4v) is 3.44. The minimum Gasteiger partial charge on any atom is -0.371 e. The van der Waals surface area contributed by atoms with Gasteiger partial charge < -0.3 is 9.80 Å². The molecule has 1 saturated heterocycles. The highest BCUT2D eigenvalue weighted by molar-refractivity contribution is 9.08. The van der Waals surface area contributed by atoms with Gasteiger partial charge in [0.1, 0.15) is 0 Å². The summed E-state index contributed by atoms with van der Waals surface area (Å²) in [5.74, 6) is 0. The molecule has 0 radical (unpaired) electrons. The van der Waals surface area contributed by atoms with E-state index in [2.05, 4.69) is 51.8 Å². The van der Waals surface area contributed by atoms with Crippen LogP contribution in [0.5, 0.6) is 0 Å². The lowest BCUT2D eigenvalue weighted by molar-refractivity contribution is 0.221. The minimum atomic E-state index is 0.624. The Morgan fingerprint density at radius 2 is 2.05 bits per heavy atom. The highest BCUT2D eigenvalue weighted by atomic mass is 79.9. The zero-order chi connectivity index (χ0) is 13.8. The Bertz CT molecular complexity index is 417. The smallest absolute Gasteiger partial charge is 0.0426 e. The Hall–Kier alpha value is -0.250. The second kappa shape index (κ2) is 6.96. The molecule has 0 spiro atoms. The van der Waals surface area contributed by atoms with Crippen molar-refractivity contribution in [1.29, 1.82) is 0 Å². The highest BCUT2D eigenvalue weighted by Gasteiger charge is 2.23. The van der Waals surface area contributed by atoms with Gasteiger partial charge in [-0.1, -0.05) is 40.5 Å². The molecule has 1 aromatic carbocycles. The van der Waals surface area contributed by atoms with E-state index in [0.717, 1.165) is 10.4 Å². The minimum absolute atomic E-state index is 0.624. The van der Waals surface area contributed by atoms with Gasteiger partial charge in [-0.05, 0) is 37.1 Å². The first-order valence-corrected chi connectivity index (χ1v) is 8.45. The van der Waals surface area contributed by atoms with E-state index in [-0.39, 0.29) is 0 Å².